The molecule has 0 spiro atoms. The molecule has 4 nitrogen and oxygen atoms in total. The summed E-state index contributed by atoms with van der Waals surface area (Å²) in [6.45, 7) is 8.67. The van der Waals surface area contributed by atoms with Crippen molar-refractivity contribution in [3.8, 4) is 5.75 Å². The maximum absolute atomic E-state index is 15.0. The first-order valence-corrected chi connectivity index (χ1v) is 12.3. The van der Waals surface area contributed by atoms with Gasteiger partial charge in [0.25, 0.3) is 0 Å². The molecule has 0 aromatic heterocycles. The minimum Gasteiger partial charge on any atom is -0.489 e. The van der Waals surface area contributed by atoms with Gasteiger partial charge in [0.2, 0.25) is 0 Å². The Labute approximate surface area is 205 Å². The van der Waals surface area contributed by atoms with Gasteiger partial charge in [0.1, 0.15) is 29.1 Å². The lowest BCUT2D eigenvalue weighted by molar-refractivity contribution is 0.00643. The van der Waals surface area contributed by atoms with E-state index in [1.807, 2.05) is 0 Å². The Balaban J connectivity index is 1.51. The van der Waals surface area contributed by atoms with Crippen molar-refractivity contribution in [2.75, 3.05) is 6.54 Å². The molecule has 0 bridgehead atoms. The number of likely N-dealkylation sites (tertiary alicyclic amines) is 1. The van der Waals surface area contributed by atoms with Crippen LogP contribution in [0.15, 0.2) is 30.3 Å². The van der Waals surface area contributed by atoms with Gasteiger partial charge in [-0.15, -0.1) is 0 Å². The van der Waals surface area contributed by atoms with Gasteiger partial charge in [-0.25, -0.2) is 13.6 Å². The van der Waals surface area contributed by atoms with E-state index in [2.05, 4.69) is 11.8 Å². The highest BCUT2D eigenvalue weighted by molar-refractivity contribution is 6.31. The van der Waals surface area contributed by atoms with Crippen molar-refractivity contribution in [3.63, 3.8) is 0 Å². The third-order valence-electron chi connectivity index (χ3n) is 6.39. The van der Waals surface area contributed by atoms with E-state index in [1.165, 1.54) is 18.2 Å². The Hall–Kier alpha value is -2.18. The first-order valence-electron chi connectivity index (χ1n) is 11.9. The first kappa shape index (κ1) is 24.9. The van der Waals surface area contributed by atoms with Crippen LogP contribution in [0.5, 0.6) is 5.75 Å². The normalized spacial score (nSPS) is 21.4. The second-order valence-electron chi connectivity index (χ2n) is 10.5. The van der Waals surface area contributed by atoms with E-state index in [1.54, 1.807) is 32.9 Å². The number of benzene rings is 2. The lowest BCUT2D eigenvalue weighted by atomic mass is 9.99. The second kappa shape index (κ2) is 9.82. The fraction of sp³-hybridized carbons (Fsp3) is 0.519. The number of ether oxygens (including phenoxy) is 2. The summed E-state index contributed by atoms with van der Waals surface area (Å²) in [5.74, 6) is -0.869. The summed E-state index contributed by atoms with van der Waals surface area (Å²) in [5.41, 5.74) is 0.985. The largest absolute Gasteiger partial charge is 0.489 e. The zero-order valence-corrected chi connectivity index (χ0v) is 20.9. The number of hydrogen-bond donors (Lipinski definition) is 0. The van der Waals surface area contributed by atoms with Gasteiger partial charge in [0.15, 0.2) is 0 Å². The smallest absolute Gasteiger partial charge is 0.341 e. The molecule has 0 amide bonds. The summed E-state index contributed by atoms with van der Waals surface area (Å²) >= 11 is 6.25. The van der Waals surface area contributed by atoms with Crippen LogP contribution in [0.3, 0.4) is 0 Å². The minimum atomic E-state index is -0.700. The molecule has 2 aromatic rings. The van der Waals surface area contributed by atoms with Gasteiger partial charge in [-0.2, -0.15) is 0 Å². The van der Waals surface area contributed by atoms with E-state index in [4.69, 9.17) is 21.1 Å². The molecule has 4 rings (SSSR count). The van der Waals surface area contributed by atoms with Crippen molar-refractivity contribution >= 4 is 17.6 Å². The van der Waals surface area contributed by atoms with Gasteiger partial charge in [-0.05, 0) is 88.6 Å². The summed E-state index contributed by atoms with van der Waals surface area (Å²) in [6, 6.07) is 7.72. The average molecular weight is 492 g/mol. The predicted molar refractivity (Wildman–Crippen MR) is 128 cm³/mol. The molecule has 2 fully saturated rings. The molecule has 1 aliphatic heterocycles. The van der Waals surface area contributed by atoms with Gasteiger partial charge in [-0.1, -0.05) is 17.7 Å². The number of rotatable bonds is 6. The summed E-state index contributed by atoms with van der Waals surface area (Å²) in [5, 5.41) is 0.408. The number of nitrogens with zero attached hydrogens (tertiary/aromatic N) is 1. The van der Waals surface area contributed by atoms with Crippen LogP contribution in [0.4, 0.5) is 8.78 Å². The van der Waals surface area contributed by atoms with E-state index >= 15 is 0 Å². The summed E-state index contributed by atoms with van der Waals surface area (Å²) < 4.78 is 40.1. The highest BCUT2D eigenvalue weighted by atomic mass is 35.5. The maximum atomic E-state index is 15.0. The zero-order chi connectivity index (χ0) is 24.6. The molecule has 1 aliphatic carbocycles. The van der Waals surface area contributed by atoms with Crippen LogP contribution in [0.2, 0.25) is 5.02 Å². The van der Waals surface area contributed by atoms with Crippen LogP contribution in [-0.4, -0.2) is 35.2 Å². The van der Waals surface area contributed by atoms with E-state index in [0.29, 0.717) is 29.9 Å². The highest BCUT2D eigenvalue weighted by Gasteiger charge is 2.33. The second-order valence-corrected chi connectivity index (χ2v) is 10.9. The standard InChI is InChI=1S/C27H32ClF2NO3/c1-16-5-10-20(15-31(16)14-18-8-9-19(29)11-23(18)28)33-25-13-24(30)22(12-21(25)17-6-7-17)26(32)34-27(2,3)4/h8-9,11-13,16-17,20H,5-7,10,14-15H2,1-4H3/t16-,20-/m1/s1. The average Bonchev–Trinajstić information content (AvgIpc) is 3.56. The monoisotopic (exact) mass is 491 g/mol. The highest BCUT2D eigenvalue weighted by Crippen LogP contribution is 2.46. The van der Waals surface area contributed by atoms with Gasteiger partial charge in [-0.3, -0.25) is 4.90 Å². The molecule has 1 saturated carbocycles. The van der Waals surface area contributed by atoms with Crippen molar-refractivity contribution in [1.29, 1.82) is 0 Å². The number of esters is 1. The number of piperidine rings is 1. The summed E-state index contributed by atoms with van der Waals surface area (Å²) in [4.78, 5) is 14.8. The fourth-order valence-corrected chi connectivity index (χ4v) is 4.61. The molecule has 0 N–H and O–H groups in total. The Morgan fingerprint density at radius 1 is 1.12 bits per heavy atom. The van der Waals surface area contributed by atoms with Crippen molar-refractivity contribution in [2.45, 2.75) is 83.6 Å². The van der Waals surface area contributed by atoms with Crippen molar-refractivity contribution in [3.05, 3.63) is 63.7 Å². The number of carbonyl (C=O) groups excluding carboxylic acids is 1. The van der Waals surface area contributed by atoms with Crippen molar-refractivity contribution < 1.29 is 23.0 Å². The van der Waals surface area contributed by atoms with Gasteiger partial charge in [0.05, 0.1) is 5.56 Å². The lowest BCUT2D eigenvalue weighted by Gasteiger charge is -2.38. The molecule has 2 aliphatic rings. The Morgan fingerprint density at radius 2 is 1.85 bits per heavy atom. The molecule has 2 atom stereocenters. The maximum Gasteiger partial charge on any atom is 0.341 e. The molecule has 34 heavy (non-hydrogen) atoms. The van der Waals surface area contributed by atoms with E-state index in [0.717, 1.165) is 36.8 Å². The third kappa shape index (κ3) is 6.08. The molecule has 1 heterocycles. The number of halogens is 3. The summed E-state index contributed by atoms with van der Waals surface area (Å²) in [6.07, 6.45) is 3.62. The van der Waals surface area contributed by atoms with Crippen LogP contribution in [0.25, 0.3) is 0 Å². The molecule has 1 saturated heterocycles. The lowest BCUT2D eigenvalue weighted by Crippen LogP contribution is -2.45. The van der Waals surface area contributed by atoms with Gasteiger partial charge < -0.3 is 9.47 Å². The van der Waals surface area contributed by atoms with Gasteiger partial charge in [0, 0.05) is 30.2 Å². The molecule has 0 radical (unpaired) electrons. The molecule has 2 aromatic carbocycles. The Kier molecular flexibility index (Phi) is 7.20. The Morgan fingerprint density at radius 3 is 2.50 bits per heavy atom. The first-order chi connectivity index (χ1) is 16.0. The summed E-state index contributed by atoms with van der Waals surface area (Å²) in [7, 11) is 0. The molecule has 7 heteroatoms. The van der Waals surface area contributed by atoms with Crippen LogP contribution in [-0.2, 0) is 11.3 Å². The van der Waals surface area contributed by atoms with Gasteiger partial charge >= 0.3 is 5.97 Å². The van der Waals surface area contributed by atoms with Crippen LogP contribution < -0.4 is 4.74 Å². The molecular weight excluding hydrogens is 460 g/mol. The zero-order valence-electron chi connectivity index (χ0n) is 20.2. The predicted octanol–water partition coefficient (Wildman–Crippen LogP) is 6.88. The fourth-order valence-electron chi connectivity index (χ4n) is 4.38. The molecular formula is C27H32ClF2NO3. The molecule has 0 unspecified atom stereocenters. The van der Waals surface area contributed by atoms with Crippen LogP contribution in [0, 0.1) is 11.6 Å². The SMILES string of the molecule is C[C@@H]1CC[C@@H](Oc2cc(F)c(C(=O)OC(C)(C)C)cc2C2CC2)CN1Cc1ccc(F)cc1Cl. The van der Waals surface area contributed by atoms with E-state index in [9.17, 15) is 13.6 Å². The van der Waals surface area contributed by atoms with Crippen LogP contribution in [0.1, 0.15) is 80.8 Å². The molecule has 184 valence electrons. The van der Waals surface area contributed by atoms with Crippen molar-refractivity contribution in [2.24, 2.45) is 0 Å². The van der Waals surface area contributed by atoms with Crippen LogP contribution >= 0.6 is 11.6 Å². The Bertz CT molecular complexity index is 1060. The minimum absolute atomic E-state index is 0.0472. The number of carbonyl (C=O) groups is 1. The van der Waals surface area contributed by atoms with E-state index in [-0.39, 0.29) is 23.4 Å². The topological polar surface area (TPSA) is 38.8 Å². The third-order valence-corrected chi connectivity index (χ3v) is 6.74. The van der Waals surface area contributed by atoms with E-state index < -0.39 is 17.4 Å². The van der Waals surface area contributed by atoms with Crippen molar-refractivity contribution in [1.82, 2.24) is 4.90 Å². The number of hydrogen-bond acceptors (Lipinski definition) is 4. The quantitative estimate of drug-likeness (QED) is 0.413.